The van der Waals surface area contributed by atoms with Crippen LogP contribution >= 0.6 is 7.26 Å². The van der Waals surface area contributed by atoms with Gasteiger partial charge in [0.2, 0.25) is 0 Å². The molecule has 88 valence electrons. The number of halogens is 1. The molecule has 1 aliphatic rings. The highest BCUT2D eigenvalue weighted by molar-refractivity contribution is 7.90. The molecular formula is C15H16ClP. The van der Waals surface area contributed by atoms with Crippen LogP contribution in [0.25, 0.3) is 0 Å². The van der Waals surface area contributed by atoms with E-state index < -0.39 is 7.26 Å². The van der Waals surface area contributed by atoms with Crippen molar-refractivity contribution in [1.29, 1.82) is 0 Å². The monoisotopic (exact) mass is 262 g/mol. The van der Waals surface area contributed by atoms with Crippen LogP contribution in [0.1, 0.15) is 6.42 Å². The molecule has 0 N–H and O–H groups in total. The first kappa shape index (κ1) is 12.6. The van der Waals surface area contributed by atoms with Gasteiger partial charge in [0.25, 0.3) is 0 Å². The normalized spacial score (nSPS) is 16.7. The Hall–Kier alpha value is -0.840. The maximum atomic E-state index is 2.32. The molecule has 0 bridgehead atoms. The van der Waals surface area contributed by atoms with Gasteiger partial charge in [-0.3, -0.25) is 0 Å². The van der Waals surface area contributed by atoms with Crippen LogP contribution in [-0.2, 0) is 0 Å². The predicted molar refractivity (Wildman–Crippen MR) is 73.4 cm³/mol. The van der Waals surface area contributed by atoms with Crippen LogP contribution < -0.4 is 23.0 Å². The van der Waals surface area contributed by atoms with E-state index in [0.717, 1.165) is 0 Å². The summed E-state index contributed by atoms with van der Waals surface area (Å²) in [5.74, 6) is 0. The largest absolute Gasteiger partial charge is 1.00 e. The Morgan fingerprint density at radius 1 is 0.647 bits per heavy atom. The third kappa shape index (κ3) is 2.12. The van der Waals surface area contributed by atoms with Crippen molar-refractivity contribution in [2.45, 2.75) is 6.42 Å². The van der Waals surface area contributed by atoms with Gasteiger partial charge >= 0.3 is 0 Å². The van der Waals surface area contributed by atoms with Crippen molar-refractivity contribution >= 4 is 17.9 Å². The zero-order valence-electron chi connectivity index (χ0n) is 9.72. The molecule has 0 aliphatic carbocycles. The Bertz CT molecular complexity index is 421. The van der Waals surface area contributed by atoms with Gasteiger partial charge in [-0.05, 0) is 24.3 Å². The standard InChI is InChI=1S/C15H16P.ClH/c1-3-8-14(9-4-1)16(12-7-13-16)15-10-5-2-6-11-15;/h1-6,8-11H,7,12-13H2;1H/q+1;/p-1. The Kier molecular flexibility index (Phi) is 3.86. The van der Waals surface area contributed by atoms with E-state index in [1.807, 2.05) is 0 Å². The Labute approximate surface area is 110 Å². The Morgan fingerprint density at radius 3 is 1.35 bits per heavy atom. The second kappa shape index (κ2) is 5.21. The second-order valence-corrected chi connectivity index (χ2v) is 8.30. The minimum absolute atomic E-state index is 0. The van der Waals surface area contributed by atoms with Gasteiger partial charge < -0.3 is 12.4 Å². The van der Waals surface area contributed by atoms with Crippen molar-refractivity contribution in [3.63, 3.8) is 0 Å². The van der Waals surface area contributed by atoms with Crippen molar-refractivity contribution in [2.24, 2.45) is 0 Å². The molecule has 0 amide bonds. The van der Waals surface area contributed by atoms with E-state index in [1.165, 1.54) is 18.7 Å². The van der Waals surface area contributed by atoms with Gasteiger partial charge in [0.05, 0.1) is 30.2 Å². The highest BCUT2D eigenvalue weighted by Crippen LogP contribution is 2.64. The van der Waals surface area contributed by atoms with Gasteiger partial charge in [0.1, 0.15) is 0 Å². The van der Waals surface area contributed by atoms with E-state index in [0.29, 0.717) is 0 Å². The second-order valence-electron chi connectivity index (χ2n) is 4.44. The van der Waals surface area contributed by atoms with E-state index in [-0.39, 0.29) is 12.4 Å². The fourth-order valence-electron chi connectivity index (χ4n) is 2.57. The summed E-state index contributed by atoms with van der Waals surface area (Å²) in [7, 11) is -0.974. The highest BCUT2D eigenvalue weighted by atomic mass is 35.5. The van der Waals surface area contributed by atoms with Gasteiger partial charge in [-0.15, -0.1) is 0 Å². The van der Waals surface area contributed by atoms with E-state index in [4.69, 9.17) is 0 Å². The van der Waals surface area contributed by atoms with Crippen LogP contribution in [0.15, 0.2) is 60.7 Å². The third-order valence-corrected chi connectivity index (χ3v) is 8.31. The summed E-state index contributed by atoms with van der Waals surface area (Å²) in [6, 6.07) is 22.2. The summed E-state index contributed by atoms with van der Waals surface area (Å²) in [5.41, 5.74) is 0. The molecule has 0 saturated carbocycles. The Morgan fingerprint density at radius 2 is 1.06 bits per heavy atom. The quantitative estimate of drug-likeness (QED) is 0.672. The zero-order chi connectivity index (χ0) is 10.8. The topological polar surface area (TPSA) is 0 Å². The van der Waals surface area contributed by atoms with Gasteiger partial charge in [0, 0.05) is 6.42 Å². The molecule has 2 aromatic rings. The minimum Gasteiger partial charge on any atom is -1.00 e. The van der Waals surface area contributed by atoms with Crippen molar-refractivity contribution in [3.05, 3.63) is 60.7 Å². The molecule has 1 heterocycles. The maximum absolute atomic E-state index is 2.32. The van der Waals surface area contributed by atoms with Gasteiger partial charge in [-0.25, -0.2) is 0 Å². The van der Waals surface area contributed by atoms with E-state index in [9.17, 15) is 0 Å². The van der Waals surface area contributed by atoms with Crippen LogP contribution in [0.4, 0.5) is 0 Å². The van der Waals surface area contributed by atoms with E-state index in [1.54, 1.807) is 10.6 Å². The molecule has 0 aromatic heterocycles. The average molecular weight is 263 g/mol. The lowest BCUT2D eigenvalue weighted by Gasteiger charge is -2.34. The molecule has 0 nitrogen and oxygen atoms in total. The molecule has 17 heavy (non-hydrogen) atoms. The van der Waals surface area contributed by atoms with Gasteiger partial charge in [-0.1, -0.05) is 36.4 Å². The number of hydrogen-bond acceptors (Lipinski definition) is 0. The molecule has 0 atom stereocenters. The summed E-state index contributed by atoms with van der Waals surface area (Å²) in [4.78, 5) is 0. The SMILES string of the molecule is [Cl-].c1ccc([P+]2(c3ccccc3)CCC2)cc1. The van der Waals surface area contributed by atoms with Crippen LogP contribution in [0.2, 0.25) is 0 Å². The molecule has 1 saturated heterocycles. The summed E-state index contributed by atoms with van der Waals surface area (Å²) in [6.45, 7) is 0. The number of hydrogen-bond donors (Lipinski definition) is 0. The molecule has 1 aliphatic heterocycles. The van der Waals surface area contributed by atoms with Crippen LogP contribution in [-0.4, -0.2) is 12.3 Å². The molecule has 0 unspecified atom stereocenters. The first-order valence-electron chi connectivity index (χ1n) is 5.90. The van der Waals surface area contributed by atoms with Crippen molar-refractivity contribution in [1.82, 2.24) is 0 Å². The lowest BCUT2D eigenvalue weighted by molar-refractivity contribution is -0.00000312. The average Bonchev–Trinajstić information content (AvgIpc) is 2.31. The van der Waals surface area contributed by atoms with E-state index in [2.05, 4.69) is 60.7 Å². The molecule has 1 fully saturated rings. The molecule has 3 rings (SSSR count). The lowest BCUT2D eigenvalue weighted by Crippen LogP contribution is -3.00. The molecule has 2 aromatic carbocycles. The number of rotatable bonds is 2. The minimum atomic E-state index is -0.974. The van der Waals surface area contributed by atoms with Crippen molar-refractivity contribution < 1.29 is 12.4 Å². The van der Waals surface area contributed by atoms with Crippen LogP contribution in [0.5, 0.6) is 0 Å². The van der Waals surface area contributed by atoms with Crippen LogP contribution in [0, 0.1) is 0 Å². The molecule has 2 heteroatoms. The summed E-state index contributed by atoms with van der Waals surface area (Å²) < 4.78 is 0. The fraction of sp³-hybridized carbons (Fsp3) is 0.200. The lowest BCUT2D eigenvalue weighted by atomic mass is 10.4. The predicted octanol–water partition coefficient (Wildman–Crippen LogP) is 0.0627. The third-order valence-electron chi connectivity index (χ3n) is 3.58. The molecule has 0 spiro atoms. The summed E-state index contributed by atoms with van der Waals surface area (Å²) in [5, 5.41) is 3.18. The van der Waals surface area contributed by atoms with E-state index >= 15 is 0 Å². The van der Waals surface area contributed by atoms with Gasteiger partial charge in [-0.2, -0.15) is 0 Å². The highest BCUT2D eigenvalue weighted by Gasteiger charge is 2.48. The van der Waals surface area contributed by atoms with Crippen molar-refractivity contribution in [3.8, 4) is 0 Å². The van der Waals surface area contributed by atoms with Crippen molar-refractivity contribution in [2.75, 3.05) is 12.3 Å². The Balaban J connectivity index is 0.00000108. The van der Waals surface area contributed by atoms with Gasteiger partial charge in [0.15, 0.2) is 0 Å². The summed E-state index contributed by atoms with van der Waals surface area (Å²) in [6.07, 6.45) is 4.21. The zero-order valence-corrected chi connectivity index (χ0v) is 11.4. The smallest absolute Gasteiger partial charge is 0.0991 e. The number of benzene rings is 2. The first-order chi connectivity index (χ1) is 7.92. The summed E-state index contributed by atoms with van der Waals surface area (Å²) >= 11 is 0. The first-order valence-corrected chi connectivity index (χ1v) is 8.06. The van der Waals surface area contributed by atoms with Crippen LogP contribution in [0.3, 0.4) is 0 Å². The fourth-order valence-corrected chi connectivity index (χ4v) is 6.33. The molecule has 0 radical (unpaired) electrons. The molecular weight excluding hydrogens is 247 g/mol. The maximum Gasteiger partial charge on any atom is 0.0991 e.